The molecule has 0 aromatic rings. The summed E-state index contributed by atoms with van der Waals surface area (Å²) in [5.41, 5.74) is 1.67. The quantitative estimate of drug-likeness (QED) is 0.740. The van der Waals surface area contributed by atoms with Gasteiger partial charge < -0.3 is 4.74 Å². The highest BCUT2D eigenvalue weighted by Crippen LogP contribution is 2.20. The number of hydrogen-bond acceptors (Lipinski definition) is 2. The lowest BCUT2D eigenvalue weighted by molar-refractivity contribution is 0.0543. The maximum Gasteiger partial charge on any atom is 0.411 e. The van der Waals surface area contributed by atoms with Gasteiger partial charge in [0.1, 0.15) is 5.60 Å². The van der Waals surface area contributed by atoms with Crippen molar-refractivity contribution in [2.75, 3.05) is 0 Å². The molecule has 0 heterocycles. The van der Waals surface area contributed by atoms with E-state index in [1.807, 2.05) is 33.8 Å². The highest BCUT2D eigenvalue weighted by Gasteiger charge is 2.18. The number of nitrogens with one attached hydrogen (secondary N) is 1. The first kappa shape index (κ1) is 12.8. The van der Waals surface area contributed by atoms with Crippen molar-refractivity contribution in [1.82, 2.24) is 5.32 Å². The van der Waals surface area contributed by atoms with Gasteiger partial charge in [0.2, 0.25) is 0 Å². The molecule has 1 aliphatic carbocycles. The van der Waals surface area contributed by atoms with E-state index in [2.05, 4.69) is 18.3 Å². The molecule has 1 unspecified atom stereocenters. The number of hydrogen-bond donors (Lipinski definition) is 1. The van der Waals surface area contributed by atoms with Gasteiger partial charge in [-0.25, -0.2) is 4.79 Å². The molecule has 16 heavy (non-hydrogen) atoms. The van der Waals surface area contributed by atoms with E-state index < -0.39 is 5.60 Å². The van der Waals surface area contributed by atoms with E-state index >= 15 is 0 Å². The second-order valence-corrected chi connectivity index (χ2v) is 5.39. The van der Waals surface area contributed by atoms with E-state index in [-0.39, 0.29) is 6.09 Å². The minimum Gasteiger partial charge on any atom is -0.444 e. The van der Waals surface area contributed by atoms with Crippen molar-refractivity contribution in [3.05, 3.63) is 23.4 Å². The number of carbonyl (C=O) groups is 1. The van der Waals surface area contributed by atoms with Crippen LogP contribution >= 0.6 is 0 Å². The van der Waals surface area contributed by atoms with Gasteiger partial charge in [0.15, 0.2) is 0 Å². The monoisotopic (exact) mass is 223 g/mol. The Hall–Kier alpha value is -1.25. The van der Waals surface area contributed by atoms with Crippen LogP contribution in [-0.4, -0.2) is 11.7 Å². The third-order valence-corrected chi connectivity index (χ3v) is 2.15. The summed E-state index contributed by atoms with van der Waals surface area (Å²) in [6.07, 6.45) is 4.67. The Morgan fingerprint density at radius 3 is 2.62 bits per heavy atom. The zero-order valence-electron chi connectivity index (χ0n) is 10.8. The molecule has 0 bridgehead atoms. The van der Waals surface area contributed by atoms with Crippen molar-refractivity contribution in [3.8, 4) is 0 Å². The average Bonchev–Trinajstić information content (AvgIpc) is 1.96. The molecule has 0 radical (unpaired) electrons. The van der Waals surface area contributed by atoms with Crippen LogP contribution in [0, 0.1) is 5.92 Å². The van der Waals surface area contributed by atoms with Gasteiger partial charge in [0.25, 0.3) is 0 Å². The largest absolute Gasteiger partial charge is 0.444 e. The van der Waals surface area contributed by atoms with Crippen molar-refractivity contribution in [3.63, 3.8) is 0 Å². The van der Waals surface area contributed by atoms with Gasteiger partial charge in [0, 0.05) is 5.70 Å². The van der Waals surface area contributed by atoms with E-state index in [9.17, 15) is 4.79 Å². The van der Waals surface area contributed by atoms with E-state index in [1.165, 1.54) is 5.57 Å². The topological polar surface area (TPSA) is 38.3 Å². The molecular weight excluding hydrogens is 202 g/mol. The van der Waals surface area contributed by atoms with Crippen molar-refractivity contribution < 1.29 is 9.53 Å². The van der Waals surface area contributed by atoms with Crippen LogP contribution in [0.5, 0.6) is 0 Å². The van der Waals surface area contributed by atoms with E-state index in [4.69, 9.17) is 4.74 Å². The van der Waals surface area contributed by atoms with Gasteiger partial charge in [-0.2, -0.15) is 0 Å². The van der Waals surface area contributed by atoms with E-state index in [0.717, 1.165) is 12.1 Å². The molecule has 1 amide bonds. The molecule has 0 saturated carbocycles. The number of amides is 1. The summed E-state index contributed by atoms with van der Waals surface area (Å²) in [6, 6.07) is 0. The molecule has 0 aliphatic heterocycles. The summed E-state index contributed by atoms with van der Waals surface area (Å²) < 4.78 is 5.20. The van der Waals surface area contributed by atoms with Crippen LogP contribution < -0.4 is 5.32 Å². The summed E-state index contributed by atoms with van der Waals surface area (Å²) in [4.78, 5) is 11.5. The number of alkyl carbamates (subject to hydrolysis) is 1. The first-order chi connectivity index (χ1) is 7.26. The number of ether oxygens (including phenoxy) is 1. The van der Waals surface area contributed by atoms with Crippen LogP contribution in [0.25, 0.3) is 0 Å². The fraction of sp³-hybridized carbons (Fsp3) is 0.615. The van der Waals surface area contributed by atoms with Crippen LogP contribution in [0.1, 0.15) is 41.0 Å². The standard InChI is InChI=1S/C13H21NO2/c1-9-6-10(2)8-11(7-9)14-12(15)16-13(3,4)5/h6-7,10H,8H2,1-5H3,(H,14,15). The third kappa shape index (κ3) is 4.51. The van der Waals surface area contributed by atoms with E-state index in [1.54, 1.807) is 0 Å². The maximum absolute atomic E-state index is 11.5. The van der Waals surface area contributed by atoms with Gasteiger partial charge in [-0.1, -0.05) is 18.6 Å². The van der Waals surface area contributed by atoms with Crippen molar-refractivity contribution >= 4 is 6.09 Å². The molecule has 1 N–H and O–H groups in total. The molecule has 0 aromatic carbocycles. The highest BCUT2D eigenvalue weighted by molar-refractivity contribution is 5.70. The fourth-order valence-corrected chi connectivity index (χ4v) is 1.76. The molecule has 1 aliphatic rings. The van der Waals surface area contributed by atoms with Gasteiger partial charge >= 0.3 is 6.09 Å². The Balaban J connectivity index is 2.56. The van der Waals surface area contributed by atoms with Gasteiger partial charge in [0.05, 0.1) is 0 Å². The van der Waals surface area contributed by atoms with Crippen LogP contribution in [0.15, 0.2) is 23.4 Å². The third-order valence-electron chi connectivity index (χ3n) is 2.15. The SMILES string of the molecule is CC1=CC(C)CC(NC(=O)OC(C)(C)C)=C1. The summed E-state index contributed by atoms with van der Waals surface area (Å²) >= 11 is 0. The summed E-state index contributed by atoms with van der Waals surface area (Å²) in [5, 5.41) is 2.80. The lowest BCUT2D eigenvalue weighted by Gasteiger charge is -2.22. The molecule has 1 atom stereocenters. The lowest BCUT2D eigenvalue weighted by Crippen LogP contribution is -2.32. The molecular formula is C13H21NO2. The molecule has 0 spiro atoms. The Bertz CT molecular complexity index is 334. The lowest BCUT2D eigenvalue weighted by atomic mass is 9.96. The second kappa shape index (κ2) is 4.73. The van der Waals surface area contributed by atoms with Gasteiger partial charge in [-0.05, 0) is 46.1 Å². The minimum atomic E-state index is -0.449. The van der Waals surface area contributed by atoms with Crippen molar-refractivity contribution in [2.24, 2.45) is 5.92 Å². The molecule has 1 rings (SSSR count). The molecule has 3 nitrogen and oxygen atoms in total. The first-order valence-electron chi connectivity index (χ1n) is 5.65. The minimum absolute atomic E-state index is 0.374. The smallest absolute Gasteiger partial charge is 0.411 e. The number of carbonyl (C=O) groups excluding carboxylic acids is 1. The molecule has 90 valence electrons. The second-order valence-electron chi connectivity index (χ2n) is 5.39. The highest BCUT2D eigenvalue weighted by atomic mass is 16.6. The van der Waals surface area contributed by atoms with Crippen LogP contribution in [0.3, 0.4) is 0 Å². The Labute approximate surface area is 97.6 Å². The van der Waals surface area contributed by atoms with Crippen molar-refractivity contribution in [2.45, 2.75) is 46.6 Å². The molecule has 0 fully saturated rings. The zero-order chi connectivity index (χ0) is 12.3. The maximum atomic E-state index is 11.5. The van der Waals surface area contributed by atoms with Crippen LogP contribution in [-0.2, 0) is 4.74 Å². The molecule has 0 aromatic heterocycles. The predicted molar refractivity (Wildman–Crippen MR) is 65.0 cm³/mol. The van der Waals surface area contributed by atoms with Gasteiger partial charge in [-0.3, -0.25) is 5.32 Å². The van der Waals surface area contributed by atoms with Crippen molar-refractivity contribution in [1.29, 1.82) is 0 Å². The molecule has 0 saturated heterocycles. The fourth-order valence-electron chi connectivity index (χ4n) is 1.76. The first-order valence-corrected chi connectivity index (χ1v) is 5.65. The Morgan fingerprint density at radius 2 is 2.12 bits per heavy atom. The number of allylic oxidation sites excluding steroid dienone is 4. The van der Waals surface area contributed by atoms with Crippen LogP contribution in [0.2, 0.25) is 0 Å². The summed E-state index contributed by atoms with van der Waals surface area (Å²) in [6.45, 7) is 9.74. The molecule has 3 heteroatoms. The van der Waals surface area contributed by atoms with Crippen LogP contribution in [0.4, 0.5) is 4.79 Å². The number of rotatable bonds is 1. The Kier molecular flexibility index (Phi) is 3.79. The normalized spacial score (nSPS) is 20.9. The van der Waals surface area contributed by atoms with Gasteiger partial charge in [-0.15, -0.1) is 0 Å². The summed E-state index contributed by atoms with van der Waals surface area (Å²) in [5.74, 6) is 0.468. The Morgan fingerprint density at radius 1 is 1.50 bits per heavy atom. The predicted octanol–water partition coefficient (Wildman–Crippen LogP) is 3.38. The zero-order valence-corrected chi connectivity index (χ0v) is 10.8. The van der Waals surface area contributed by atoms with E-state index in [0.29, 0.717) is 5.92 Å². The summed E-state index contributed by atoms with van der Waals surface area (Å²) in [7, 11) is 0. The average molecular weight is 223 g/mol.